The van der Waals surface area contributed by atoms with E-state index in [-0.39, 0.29) is 38.4 Å². The summed E-state index contributed by atoms with van der Waals surface area (Å²) in [6.07, 6.45) is 15.6. The Labute approximate surface area is 204 Å². The molecule has 1 aromatic rings. The van der Waals surface area contributed by atoms with Gasteiger partial charge in [-0.25, -0.2) is 0 Å². The molecule has 2 aliphatic carbocycles. The van der Waals surface area contributed by atoms with Crippen molar-refractivity contribution >= 4 is 11.9 Å². The van der Waals surface area contributed by atoms with E-state index in [0.717, 1.165) is 12.8 Å². The monoisotopic (exact) mass is 474 g/mol. The molecule has 2 fully saturated rings. The van der Waals surface area contributed by atoms with Crippen LogP contribution in [0.3, 0.4) is 0 Å². The SMILES string of the molecule is O=C(CCC1CCCCC1)OCCOc1ccccc1OCCOC(=O)CCC1CCCCC1. The summed E-state index contributed by atoms with van der Waals surface area (Å²) in [5, 5.41) is 0. The highest BCUT2D eigenvalue weighted by atomic mass is 16.6. The molecule has 0 aromatic heterocycles. The number of rotatable bonds is 14. The van der Waals surface area contributed by atoms with Crippen molar-refractivity contribution in [3.8, 4) is 11.5 Å². The second-order valence-electron chi connectivity index (χ2n) is 9.67. The van der Waals surface area contributed by atoms with Crippen LogP contribution in [0.1, 0.15) is 89.9 Å². The number of esters is 2. The third kappa shape index (κ3) is 10.4. The van der Waals surface area contributed by atoms with E-state index >= 15 is 0 Å². The minimum atomic E-state index is -0.149. The van der Waals surface area contributed by atoms with Crippen LogP contribution in [0.15, 0.2) is 24.3 Å². The van der Waals surface area contributed by atoms with Crippen LogP contribution in [0.5, 0.6) is 11.5 Å². The molecule has 3 rings (SSSR count). The zero-order valence-corrected chi connectivity index (χ0v) is 20.6. The smallest absolute Gasteiger partial charge is 0.305 e. The van der Waals surface area contributed by atoms with Crippen LogP contribution in [0.4, 0.5) is 0 Å². The maximum atomic E-state index is 12.0. The molecule has 0 heterocycles. The van der Waals surface area contributed by atoms with E-state index in [0.29, 0.717) is 36.2 Å². The molecule has 0 amide bonds. The summed E-state index contributed by atoms with van der Waals surface area (Å²) in [6.45, 7) is 0.976. The Morgan fingerprint density at radius 2 is 1.03 bits per heavy atom. The van der Waals surface area contributed by atoms with Gasteiger partial charge in [-0.3, -0.25) is 9.59 Å². The van der Waals surface area contributed by atoms with E-state index in [2.05, 4.69) is 0 Å². The molecule has 2 saturated carbocycles. The van der Waals surface area contributed by atoms with Gasteiger partial charge in [0.15, 0.2) is 11.5 Å². The van der Waals surface area contributed by atoms with Gasteiger partial charge in [0.2, 0.25) is 0 Å². The minimum Gasteiger partial charge on any atom is -0.486 e. The lowest BCUT2D eigenvalue weighted by molar-refractivity contribution is -0.145. The molecule has 34 heavy (non-hydrogen) atoms. The topological polar surface area (TPSA) is 71.1 Å². The first kappa shape index (κ1) is 26.4. The average molecular weight is 475 g/mol. The molecule has 0 saturated heterocycles. The van der Waals surface area contributed by atoms with E-state index in [1.807, 2.05) is 24.3 Å². The molecule has 0 unspecified atom stereocenters. The fraction of sp³-hybridized carbons (Fsp3) is 0.714. The van der Waals surface area contributed by atoms with Crippen molar-refractivity contribution in [2.75, 3.05) is 26.4 Å². The van der Waals surface area contributed by atoms with Crippen LogP contribution in [-0.4, -0.2) is 38.4 Å². The van der Waals surface area contributed by atoms with Gasteiger partial charge in [-0.15, -0.1) is 0 Å². The van der Waals surface area contributed by atoms with Gasteiger partial charge < -0.3 is 18.9 Å². The third-order valence-electron chi connectivity index (χ3n) is 7.02. The Hall–Kier alpha value is -2.24. The van der Waals surface area contributed by atoms with Gasteiger partial charge in [0.25, 0.3) is 0 Å². The van der Waals surface area contributed by atoms with Crippen molar-refractivity contribution in [3.63, 3.8) is 0 Å². The predicted octanol–water partition coefficient (Wildman–Crippen LogP) is 6.25. The van der Waals surface area contributed by atoms with Crippen LogP contribution >= 0.6 is 0 Å². The molecule has 0 N–H and O–H groups in total. The Balaban J connectivity index is 1.25. The van der Waals surface area contributed by atoms with Crippen molar-refractivity contribution in [3.05, 3.63) is 24.3 Å². The number of benzene rings is 1. The van der Waals surface area contributed by atoms with Crippen LogP contribution in [0.2, 0.25) is 0 Å². The lowest BCUT2D eigenvalue weighted by atomic mass is 9.86. The highest BCUT2D eigenvalue weighted by molar-refractivity contribution is 5.69. The largest absolute Gasteiger partial charge is 0.486 e. The second kappa shape index (κ2) is 15.6. The van der Waals surface area contributed by atoms with E-state index in [4.69, 9.17) is 18.9 Å². The number of hydrogen-bond donors (Lipinski definition) is 0. The van der Waals surface area contributed by atoms with Crippen molar-refractivity contribution in [1.82, 2.24) is 0 Å². The first-order valence-electron chi connectivity index (χ1n) is 13.4. The number of para-hydroxylation sites is 2. The summed E-state index contributed by atoms with van der Waals surface area (Å²) in [4.78, 5) is 24.0. The molecule has 6 heteroatoms. The van der Waals surface area contributed by atoms with Gasteiger partial charge in [-0.05, 0) is 36.8 Å². The van der Waals surface area contributed by atoms with Gasteiger partial charge in [0, 0.05) is 12.8 Å². The van der Waals surface area contributed by atoms with Gasteiger partial charge >= 0.3 is 11.9 Å². The first-order chi connectivity index (χ1) is 16.7. The molecular formula is C28H42O6. The molecular weight excluding hydrogens is 432 g/mol. The van der Waals surface area contributed by atoms with Gasteiger partial charge in [0.05, 0.1) is 0 Å². The second-order valence-corrected chi connectivity index (χ2v) is 9.67. The quantitative estimate of drug-likeness (QED) is 0.234. The summed E-state index contributed by atoms with van der Waals surface area (Å²) in [6, 6.07) is 7.36. The Morgan fingerprint density at radius 1 is 0.618 bits per heavy atom. The predicted molar refractivity (Wildman–Crippen MR) is 131 cm³/mol. The summed E-state index contributed by atoms with van der Waals surface area (Å²) in [5.74, 6) is 2.23. The van der Waals surface area contributed by atoms with E-state index in [1.54, 1.807) is 0 Å². The molecule has 1 aromatic carbocycles. The zero-order chi connectivity index (χ0) is 23.8. The van der Waals surface area contributed by atoms with Crippen LogP contribution < -0.4 is 9.47 Å². The maximum absolute atomic E-state index is 12.0. The lowest BCUT2D eigenvalue weighted by Gasteiger charge is -2.20. The van der Waals surface area contributed by atoms with Gasteiger partial charge in [0.1, 0.15) is 26.4 Å². The minimum absolute atomic E-state index is 0.149. The number of carbonyl (C=O) groups excluding carboxylic acids is 2. The molecule has 190 valence electrons. The van der Waals surface area contributed by atoms with E-state index < -0.39 is 0 Å². The highest BCUT2D eigenvalue weighted by Gasteiger charge is 2.16. The normalized spacial score (nSPS) is 17.2. The van der Waals surface area contributed by atoms with Crippen LogP contribution in [-0.2, 0) is 19.1 Å². The fourth-order valence-electron chi connectivity index (χ4n) is 5.04. The maximum Gasteiger partial charge on any atom is 0.305 e. The number of carbonyl (C=O) groups is 2. The molecule has 0 atom stereocenters. The fourth-order valence-corrected chi connectivity index (χ4v) is 5.04. The van der Waals surface area contributed by atoms with E-state index in [9.17, 15) is 9.59 Å². The van der Waals surface area contributed by atoms with Crippen LogP contribution in [0, 0.1) is 11.8 Å². The van der Waals surface area contributed by atoms with Crippen molar-refractivity contribution < 1.29 is 28.5 Å². The number of hydrogen-bond acceptors (Lipinski definition) is 6. The summed E-state index contributed by atoms with van der Waals surface area (Å²) < 4.78 is 22.2. The Morgan fingerprint density at radius 3 is 1.44 bits per heavy atom. The standard InChI is InChI=1S/C28H42O6/c29-27(17-15-23-9-3-1-4-10-23)33-21-19-31-25-13-7-8-14-26(25)32-20-22-34-28(30)18-16-24-11-5-2-6-12-24/h7-8,13-14,23-24H,1-6,9-12,15-22H2. The summed E-state index contributed by atoms with van der Waals surface area (Å²) >= 11 is 0. The van der Waals surface area contributed by atoms with E-state index in [1.165, 1.54) is 64.2 Å². The lowest BCUT2D eigenvalue weighted by Crippen LogP contribution is -2.15. The Kier molecular flexibility index (Phi) is 12.1. The molecule has 0 aliphatic heterocycles. The number of ether oxygens (including phenoxy) is 4. The zero-order valence-electron chi connectivity index (χ0n) is 20.6. The summed E-state index contributed by atoms with van der Waals surface area (Å²) in [5.41, 5.74) is 0. The highest BCUT2D eigenvalue weighted by Crippen LogP contribution is 2.29. The summed E-state index contributed by atoms with van der Waals surface area (Å²) in [7, 11) is 0. The first-order valence-corrected chi connectivity index (χ1v) is 13.4. The van der Waals surface area contributed by atoms with Crippen molar-refractivity contribution in [2.24, 2.45) is 11.8 Å². The Bertz CT molecular complexity index is 660. The van der Waals surface area contributed by atoms with Gasteiger partial charge in [-0.2, -0.15) is 0 Å². The molecule has 0 spiro atoms. The average Bonchev–Trinajstić information content (AvgIpc) is 2.88. The van der Waals surface area contributed by atoms with Gasteiger partial charge in [-0.1, -0.05) is 76.3 Å². The van der Waals surface area contributed by atoms with Crippen molar-refractivity contribution in [1.29, 1.82) is 0 Å². The van der Waals surface area contributed by atoms with Crippen molar-refractivity contribution in [2.45, 2.75) is 89.9 Å². The molecule has 0 radical (unpaired) electrons. The molecule has 0 bridgehead atoms. The third-order valence-corrected chi connectivity index (χ3v) is 7.02. The molecule has 6 nitrogen and oxygen atoms in total. The molecule has 2 aliphatic rings. The van der Waals surface area contributed by atoms with Crippen LogP contribution in [0.25, 0.3) is 0 Å².